The van der Waals surface area contributed by atoms with Crippen LogP contribution in [0.3, 0.4) is 0 Å². The van der Waals surface area contributed by atoms with Gasteiger partial charge >= 0.3 is 5.97 Å². The van der Waals surface area contributed by atoms with Crippen LogP contribution >= 0.6 is 0 Å². The monoisotopic (exact) mass is 578 g/mol. The van der Waals surface area contributed by atoms with E-state index in [2.05, 4.69) is 37.3 Å². The Morgan fingerprint density at radius 3 is 2.63 bits per heavy atom. The number of hydrogen-bond donors (Lipinski definition) is 0. The lowest BCUT2D eigenvalue weighted by Crippen LogP contribution is -2.12. The summed E-state index contributed by atoms with van der Waals surface area (Å²) < 4.78 is 46.3. The number of methoxy groups -OCH3 is 1. The summed E-state index contributed by atoms with van der Waals surface area (Å²) in [5.41, 5.74) is 8.32. The molecule has 0 radical (unpaired) electrons. The van der Waals surface area contributed by atoms with Crippen LogP contribution in [0.4, 0.5) is 0 Å². The van der Waals surface area contributed by atoms with Crippen molar-refractivity contribution >= 4 is 15.8 Å². The van der Waals surface area contributed by atoms with Crippen molar-refractivity contribution in [3.63, 3.8) is 0 Å². The van der Waals surface area contributed by atoms with Gasteiger partial charge in [-0.1, -0.05) is 25.1 Å². The first kappa shape index (κ1) is 29.0. The van der Waals surface area contributed by atoms with Gasteiger partial charge in [0.25, 0.3) is 0 Å². The molecule has 0 bridgehead atoms. The van der Waals surface area contributed by atoms with Gasteiger partial charge in [0.05, 0.1) is 32.5 Å². The van der Waals surface area contributed by atoms with Crippen LogP contribution in [0.25, 0.3) is 11.1 Å². The zero-order valence-corrected chi connectivity index (χ0v) is 24.8. The molecule has 0 N–H and O–H groups in total. The highest BCUT2D eigenvalue weighted by molar-refractivity contribution is 7.91. The van der Waals surface area contributed by atoms with E-state index in [1.807, 2.05) is 18.2 Å². The first-order valence-electron chi connectivity index (χ1n) is 14.3. The van der Waals surface area contributed by atoms with Gasteiger partial charge in [-0.25, -0.2) is 8.42 Å². The molecule has 0 aromatic heterocycles. The Bertz CT molecular complexity index is 1530. The molecule has 1 aliphatic carbocycles. The Morgan fingerprint density at radius 1 is 1.00 bits per heavy atom. The Balaban J connectivity index is 1.28. The van der Waals surface area contributed by atoms with Gasteiger partial charge in [0.15, 0.2) is 0 Å². The van der Waals surface area contributed by atoms with E-state index in [0.717, 1.165) is 53.2 Å². The number of ether oxygens (including phenoxy) is 4. The van der Waals surface area contributed by atoms with Gasteiger partial charge in [0, 0.05) is 23.3 Å². The molecule has 0 saturated carbocycles. The summed E-state index contributed by atoms with van der Waals surface area (Å²) in [5, 5.41) is 0. The fourth-order valence-corrected chi connectivity index (χ4v) is 6.55. The summed E-state index contributed by atoms with van der Waals surface area (Å²) >= 11 is 0. The van der Waals surface area contributed by atoms with Gasteiger partial charge in [0.2, 0.25) is 0 Å². The van der Waals surface area contributed by atoms with Crippen LogP contribution in [0.1, 0.15) is 59.9 Å². The third-order valence-corrected chi connectivity index (χ3v) is 9.74. The van der Waals surface area contributed by atoms with Gasteiger partial charge < -0.3 is 18.9 Å². The number of benzene rings is 3. The third kappa shape index (κ3) is 6.87. The van der Waals surface area contributed by atoms with Crippen LogP contribution in [0.2, 0.25) is 0 Å². The normalized spacial score (nSPS) is 15.6. The predicted octanol–water partition coefficient (Wildman–Crippen LogP) is 5.97. The van der Waals surface area contributed by atoms with Crippen molar-refractivity contribution in [1.82, 2.24) is 0 Å². The Hall–Kier alpha value is -3.52. The Labute approximate surface area is 242 Å². The van der Waals surface area contributed by atoms with E-state index in [1.165, 1.54) is 29.4 Å². The van der Waals surface area contributed by atoms with Crippen LogP contribution in [-0.4, -0.2) is 46.2 Å². The smallest absolute Gasteiger partial charge is 0.306 e. The van der Waals surface area contributed by atoms with E-state index >= 15 is 0 Å². The fraction of sp³-hybridized carbons (Fsp3) is 0.424. The third-order valence-electron chi connectivity index (χ3n) is 7.95. The molecule has 1 atom stereocenters. The molecule has 218 valence electrons. The minimum atomic E-state index is -2.98. The van der Waals surface area contributed by atoms with Gasteiger partial charge in [0.1, 0.15) is 33.7 Å². The van der Waals surface area contributed by atoms with Crippen LogP contribution < -0.4 is 14.2 Å². The van der Waals surface area contributed by atoms with Gasteiger partial charge in [-0.15, -0.1) is 0 Å². The molecule has 2 aliphatic rings. The number of rotatable bonds is 11. The first-order chi connectivity index (χ1) is 19.8. The number of carbonyl (C=O) groups excluding carboxylic acids is 1. The highest BCUT2D eigenvalue weighted by Crippen LogP contribution is 2.40. The molecule has 3 aromatic rings. The van der Waals surface area contributed by atoms with Crippen LogP contribution in [0.15, 0.2) is 48.5 Å². The fourth-order valence-electron chi connectivity index (χ4n) is 5.70. The number of esters is 1. The zero-order valence-electron chi connectivity index (χ0n) is 24.0. The highest BCUT2D eigenvalue weighted by Gasteiger charge is 2.27. The molecule has 1 heterocycles. The molecular formula is C33H38O7S. The summed E-state index contributed by atoms with van der Waals surface area (Å²) in [5.74, 6) is 2.36. The average molecular weight is 579 g/mol. The standard InChI is InChI=1S/C33H38O7S/c1-4-41(35,36)14-6-13-38-28-15-22(2)33-25(17-28)8-5-7-24-10-9-23(16-30(24)33)20-39-27-11-12-29-26(18-32(34)37-3)21-40-31(29)19-27/h9-12,15-17,19,26H,4-8,13-14,18,20-21H2,1-3H3/t26-/m1/s1. The molecule has 0 fully saturated rings. The van der Waals surface area contributed by atoms with Crippen molar-refractivity contribution in [2.24, 2.45) is 0 Å². The molecule has 3 aromatic carbocycles. The largest absolute Gasteiger partial charge is 0.494 e. The predicted molar refractivity (Wildman–Crippen MR) is 159 cm³/mol. The van der Waals surface area contributed by atoms with Gasteiger partial charge in [-0.3, -0.25) is 4.79 Å². The maximum Gasteiger partial charge on any atom is 0.306 e. The SMILES string of the molecule is CCS(=O)(=O)CCCOc1cc(C)c2c(c1)CCCc1ccc(COc3ccc4c(c3)OC[C@H]4CC(=O)OC)cc1-2. The summed E-state index contributed by atoms with van der Waals surface area (Å²) in [4.78, 5) is 11.7. The lowest BCUT2D eigenvalue weighted by atomic mass is 9.91. The maximum atomic E-state index is 11.8. The molecule has 7 nitrogen and oxygen atoms in total. The topological polar surface area (TPSA) is 88.1 Å². The minimum absolute atomic E-state index is 0.00232. The quantitative estimate of drug-likeness (QED) is 0.205. The Morgan fingerprint density at radius 2 is 1.83 bits per heavy atom. The van der Waals surface area contributed by atoms with Gasteiger partial charge in [-0.05, 0) is 90.3 Å². The molecular weight excluding hydrogens is 540 g/mol. The second kappa shape index (κ2) is 12.6. The number of fused-ring (bicyclic) bond motifs is 4. The first-order valence-corrected chi connectivity index (χ1v) is 16.1. The minimum Gasteiger partial charge on any atom is -0.494 e. The lowest BCUT2D eigenvalue weighted by molar-refractivity contribution is -0.141. The number of aryl methyl sites for hydroxylation is 3. The van der Waals surface area contributed by atoms with Crippen LogP contribution in [0, 0.1) is 6.92 Å². The van der Waals surface area contributed by atoms with Crippen LogP contribution in [-0.2, 0) is 38.8 Å². The summed E-state index contributed by atoms with van der Waals surface area (Å²) in [6, 6.07) is 16.6. The Kier molecular flexibility index (Phi) is 8.88. The molecule has 0 saturated heterocycles. The second-order valence-corrected chi connectivity index (χ2v) is 13.3. The van der Waals surface area contributed by atoms with Gasteiger partial charge in [-0.2, -0.15) is 0 Å². The molecule has 41 heavy (non-hydrogen) atoms. The summed E-state index contributed by atoms with van der Waals surface area (Å²) in [6.45, 7) is 5.06. The lowest BCUT2D eigenvalue weighted by Gasteiger charge is -2.17. The van der Waals surface area contributed by atoms with E-state index < -0.39 is 9.84 Å². The van der Waals surface area contributed by atoms with E-state index in [-0.39, 0.29) is 23.4 Å². The molecule has 0 amide bonds. The second-order valence-electron chi connectivity index (χ2n) is 10.8. The molecule has 5 rings (SSSR count). The van der Waals surface area contributed by atoms with E-state index in [0.29, 0.717) is 32.7 Å². The molecule has 0 spiro atoms. The molecule has 1 aliphatic heterocycles. The van der Waals surface area contributed by atoms with E-state index in [4.69, 9.17) is 18.9 Å². The summed E-state index contributed by atoms with van der Waals surface area (Å²) in [6.07, 6.45) is 3.81. The van der Waals surface area contributed by atoms with Crippen molar-refractivity contribution in [1.29, 1.82) is 0 Å². The number of hydrogen-bond acceptors (Lipinski definition) is 7. The van der Waals surface area contributed by atoms with Crippen LogP contribution in [0.5, 0.6) is 17.2 Å². The average Bonchev–Trinajstić information content (AvgIpc) is 3.26. The van der Waals surface area contributed by atoms with E-state index in [1.54, 1.807) is 6.92 Å². The highest BCUT2D eigenvalue weighted by atomic mass is 32.2. The number of sulfone groups is 1. The van der Waals surface area contributed by atoms with Crippen molar-refractivity contribution < 1.29 is 32.2 Å². The molecule has 8 heteroatoms. The van der Waals surface area contributed by atoms with Crippen molar-refractivity contribution in [3.8, 4) is 28.4 Å². The number of carbonyl (C=O) groups is 1. The molecule has 0 unspecified atom stereocenters. The summed E-state index contributed by atoms with van der Waals surface area (Å²) in [7, 11) is -1.58. The van der Waals surface area contributed by atoms with E-state index in [9.17, 15) is 13.2 Å². The zero-order chi connectivity index (χ0) is 29.0. The van der Waals surface area contributed by atoms with Crippen molar-refractivity contribution in [2.45, 2.75) is 58.5 Å². The van der Waals surface area contributed by atoms with Crippen molar-refractivity contribution in [3.05, 3.63) is 76.3 Å². The maximum absolute atomic E-state index is 11.8. The van der Waals surface area contributed by atoms with Crippen molar-refractivity contribution in [2.75, 3.05) is 31.8 Å².